The Kier molecular flexibility index (Phi) is 3.20. The van der Waals surface area contributed by atoms with E-state index in [-0.39, 0.29) is 29.3 Å². The van der Waals surface area contributed by atoms with Crippen LogP contribution in [0.2, 0.25) is 0 Å². The number of hydrogen-bond acceptors (Lipinski definition) is 2. The van der Waals surface area contributed by atoms with Crippen molar-refractivity contribution in [3.8, 4) is 0 Å². The lowest BCUT2D eigenvalue weighted by Crippen LogP contribution is -2.29. The summed E-state index contributed by atoms with van der Waals surface area (Å²) in [6.45, 7) is 19.5. The van der Waals surface area contributed by atoms with Gasteiger partial charge in [0.05, 0.1) is 0 Å². The van der Waals surface area contributed by atoms with Gasteiger partial charge in [-0.1, -0.05) is 51.7 Å². The lowest BCUT2D eigenvalue weighted by atomic mass is 9.75. The summed E-state index contributed by atoms with van der Waals surface area (Å²) in [5.41, 5.74) is 3.42. The molecule has 0 aromatic heterocycles. The van der Waals surface area contributed by atoms with Crippen LogP contribution < -0.4 is 0 Å². The van der Waals surface area contributed by atoms with Gasteiger partial charge in [-0.2, -0.15) is 0 Å². The van der Waals surface area contributed by atoms with Crippen molar-refractivity contribution in [3.05, 3.63) is 36.5 Å². The van der Waals surface area contributed by atoms with Gasteiger partial charge in [-0.3, -0.25) is 0 Å². The minimum atomic E-state index is -0.205. The van der Waals surface area contributed by atoms with Gasteiger partial charge in [0.2, 0.25) is 0 Å². The van der Waals surface area contributed by atoms with Crippen LogP contribution >= 0.6 is 0 Å². The van der Waals surface area contributed by atoms with Gasteiger partial charge in [0.1, 0.15) is 6.10 Å². The molecule has 1 aliphatic heterocycles. The molecule has 2 nitrogen and oxygen atoms in total. The number of rotatable bonds is 0. The van der Waals surface area contributed by atoms with Crippen molar-refractivity contribution in [2.24, 2.45) is 29.1 Å². The zero-order chi connectivity index (χ0) is 15.5. The van der Waals surface area contributed by atoms with E-state index in [0.717, 1.165) is 19.3 Å². The lowest BCUT2D eigenvalue weighted by molar-refractivity contribution is -0.141. The van der Waals surface area contributed by atoms with Gasteiger partial charge in [0, 0.05) is 17.4 Å². The highest BCUT2D eigenvalue weighted by molar-refractivity contribution is 5.91. The third-order valence-electron chi connectivity index (χ3n) is 5.85. The van der Waals surface area contributed by atoms with E-state index in [4.69, 9.17) is 4.74 Å². The average molecular weight is 286 g/mol. The fraction of sp³-hybridized carbons (Fsp3) is 0.632. The molecular formula is C19H26O2. The van der Waals surface area contributed by atoms with E-state index in [1.54, 1.807) is 0 Å². The summed E-state index contributed by atoms with van der Waals surface area (Å²) in [6, 6.07) is 0. The standard InChI is InChI=1S/C19H26O2/c1-10-7-8-13-11(2)18(20)21-17(13)16-12(3)15(9-14(10)16)19(4,5)6/h13-17H,1-3,7-9H2,4-6H3. The molecule has 0 N–H and O–H groups in total. The third kappa shape index (κ3) is 2.11. The van der Waals surface area contributed by atoms with E-state index in [1.807, 2.05) is 0 Å². The van der Waals surface area contributed by atoms with Crippen LogP contribution in [0.15, 0.2) is 36.5 Å². The predicted molar refractivity (Wildman–Crippen MR) is 84.6 cm³/mol. The second kappa shape index (κ2) is 4.59. The second-order valence-electron chi connectivity index (χ2n) is 8.06. The number of ether oxygens (including phenoxy) is 1. The summed E-state index contributed by atoms with van der Waals surface area (Å²) in [4.78, 5) is 11.9. The first kappa shape index (κ1) is 14.6. The van der Waals surface area contributed by atoms with E-state index in [1.165, 1.54) is 11.1 Å². The first-order valence-electron chi connectivity index (χ1n) is 7.98. The molecule has 21 heavy (non-hydrogen) atoms. The number of carbonyl (C=O) groups is 1. The SMILES string of the molecule is C=C1C(=O)OC2C1CCC(=C)C1CC(C(C)(C)C)C(=C)C12. The zero-order valence-electron chi connectivity index (χ0n) is 13.4. The Hall–Kier alpha value is -1.31. The van der Waals surface area contributed by atoms with Crippen molar-refractivity contribution in [1.29, 1.82) is 0 Å². The fourth-order valence-electron chi connectivity index (χ4n) is 4.63. The molecule has 0 aromatic rings. The Balaban J connectivity index is 1.99. The Morgan fingerprint density at radius 2 is 1.81 bits per heavy atom. The molecular weight excluding hydrogens is 260 g/mol. The maximum atomic E-state index is 11.9. The van der Waals surface area contributed by atoms with E-state index in [2.05, 4.69) is 40.5 Å². The van der Waals surface area contributed by atoms with E-state index in [9.17, 15) is 4.79 Å². The molecule has 3 fully saturated rings. The topological polar surface area (TPSA) is 26.3 Å². The summed E-state index contributed by atoms with van der Waals surface area (Å²) in [6.07, 6.45) is 2.95. The fourth-order valence-corrected chi connectivity index (χ4v) is 4.63. The van der Waals surface area contributed by atoms with Crippen LogP contribution in [0.25, 0.3) is 0 Å². The molecule has 0 aromatic carbocycles. The van der Waals surface area contributed by atoms with E-state index < -0.39 is 0 Å². The monoisotopic (exact) mass is 286 g/mol. The van der Waals surface area contributed by atoms with Crippen LogP contribution in [-0.4, -0.2) is 12.1 Å². The normalized spacial score (nSPS) is 39.9. The highest BCUT2D eigenvalue weighted by Crippen LogP contribution is 2.57. The first-order valence-corrected chi connectivity index (χ1v) is 7.98. The van der Waals surface area contributed by atoms with Crippen molar-refractivity contribution in [1.82, 2.24) is 0 Å². The molecule has 1 heterocycles. The van der Waals surface area contributed by atoms with Gasteiger partial charge < -0.3 is 4.74 Å². The smallest absolute Gasteiger partial charge is 0.334 e. The molecule has 0 amide bonds. The Bertz CT molecular complexity index is 534. The van der Waals surface area contributed by atoms with Gasteiger partial charge in [0.15, 0.2) is 0 Å². The summed E-state index contributed by atoms with van der Waals surface area (Å²) >= 11 is 0. The highest BCUT2D eigenvalue weighted by atomic mass is 16.6. The van der Waals surface area contributed by atoms with Crippen LogP contribution in [0, 0.1) is 29.1 Å². The molecule has 1 saturated heterocycles. The summed E-state index contributed by atoms with van der Waals surface area (Å²) < 4.78 is 5.71. The number of esters is 1. The van der Waals surface area contributed by atoms with E-state index >= 15 is 0 Å². The molecule has 3 rings (SSSR count). The van der Waals surface area contributed by atoms with Gasteiger partial charge in [-0.05, 0) is 36.5 Å². The molecule has 2 saturated carbocycles. The summed E-state index contributed by atoms with van der Waals surface area (Å²) in [5, 5.41) is 0. The van der Waals surface area contributed by atoms with Crippen molar-refractivity contribution < 1.29 is 9.53 Å². The van der Waals surface area contributed by atoms with E-state index in [0.29, 0.717) is 17.4 Å². The summed E-state index contributed by atoms with van der Waals surface area (Å²) in [5.74, 6) is 1.06. The Morgan fingerprint density at radius 3 is 2.43 bits per heavy atom. The van der Waals surface area contributed by atoms with Gasteiger partial charge in [-0.15, -0.1) is 0 Å². The van der Waals surface area contributed by atoms with Gasteiger partial charge >= 0.3 is 5.97 Å². The molecule has 0 bridgehead atoms. The van der Waals surface area contributed by atoms with Crippen LogP contribution in [0.4, 0.5) is 0 Å². The molecule has 2 heteroatoms. The third-order valence-corrected chi connectivity index (χ3v) is 5.85. The second-order valence-corrected chi connectivity index (χ2v) is 8.06. The molecule has 0 radical (unpaired) electrons. The largest absolute Gasteiger partial charge is 0.458 e. The van der Waals surface area contributed by atoms with Crippen LogP contribution in [0.3, 0.4) is 0 Å². The summed E-state index contributed by atoms with van der Waals surface area (Å²) in [7, 11) is 0. The lowest BCUT2D eigenvalue weighted by Gasteiger charge is -2.30. The number of allylic oxidation sites excluding steroid dienone is 1. The first-order chi connectivity index (χ1) is 9.71. The van der Waals surface area contributed by atoms with Crippen molar-refractivity contribution in [2.75, 3.05) is 0 Å². The minimum absolute atomic E-state index is 0.0610. The van der Waals surface area contributed by atoms with Crippen LogP contribution in [-0.2, 0) is 9.53 Å². The maximum Gasteiger partial charge on any atom is 0.334 e. The Labute approximate surface area is 127 Å². The van der Waals surface area contributed by atoms with Crippen LogP contribution in [0.5, 0.6) is 0 Å². The molecule has 114 valence electrons. The predicted octanol–water partition coefficient (Wildman–Crippen LogP) is 4.29. The quantitative estimate of drug-likeness (QED) is 0.377. The van der Waals surface area contributed by atoms with Crippen molar-refractivity contribution in [2.45, 2.75) is 46.1 Å². The molecule has 3 aliphatic rings. The van der Waals surface area contributed by atoms with Crippen molar-refractivity contribution >= 4 is 5.97 Å². The van der Waals surface area contributed by atoms with Gasteiger partial charge in [0.25, 0.3) is 0 Å². The molecule has 5 atom stereocenters. The molecule has 5 unspecified atom stereocenters. The molecule has 2 aliphatic carbocycles. The highest BCUT2D eigenvalue weighted by Gasteiger charge is 2.54. The van der Waals surface area contributed by atoms with Crippen LogP contribution in [0.1, 0.15) is 40.0 Å². The maximum absolute atomic E-state index is 11.9. The average Bonchev–Trinajstić information content (AvgIpc) is 2.81. The number of fused-ring (bicyclic) bond motifs is 3. The number of carbonyl (C=O) groups excluding carboxylic acids is 1. The zero-order valence-corrected chi connectivity index (χ0v) is 13.4. The molecule has 0 spiro atoms. The van der Waals surface area contributed by atoms with Gasteiger partial charge in [-0.25, -0.2) is 4.79 Å². The number of hydrogen-bond donors (Lipinski definition) is 0. The van der Waals surface area contributed by atoms with Crippen molar-refractivity contribution in [3.63, 3.8) is 0 Å². The Morgan fingerprint density at radius 1 is 1.14 bits per heavy atom. The minimum Gasteiger partial charge on any atom is -0.458 e.